The third-order valence-corrected chi connectivity index (χ3v) is 14.6. The Balaban J connectivity index is 0.942. The predicted octanol–water partition coefficient (Wildman–Crippen LogP) is 18.5. The number of nitrogens with zero attached hydrogens (tertiary/aromatic N) is 4. The maximum atomic E-state index is 7.30. The Bertz CT molecular complexity index is 4310. The van der Waals surface area contributed by atoms with E-state index in [0.29, 0.717) is 17.5 Å². The quantitative estimate of drug-likeness (QED) is 0.145. The maximum Gasteiger partial charge on any atom is 0.167 e. The first-order valence-corrected chi connectivity index (χ1v) is 25.4. The van der Waals surface area contributed by atoms with Crippen molar-refractivity contribution < 1.29 is 4.42 Å². The third-order valence-electron chi connectivity index (χ3n) is 14.6. The van der Waals surface area contributed by atoms with E-state index in [-0.39, 0.29) is 0 Å². The first kappa shape index (κ1) is 43.8. The zero-order valence-electron chi connectivity index (χ0n) is 41.0. The van der Waals surface area contributed by atoms with Gasteiger partial charge in [0.25, 0.3) is 0 Å². The van der Waals surface area contributed by atoms with E-state index < -0.39 is 0 Å². The first-order valence-electron chi connectivity index (χ1n) is 25.4. The number of aromatic nitrogens is 4. The molecule has 0 aliphatic heterocycles. The Morgan fingerprint density at radius 3 is 1.31 bits per heavy atom. The van der Waals surface area contributed by atoms with Crippen LogP contribution in [0.2, 0.25) is 0 Å². The Labute approximate surface area is 434 Å². The molecule has 0 radical (unpaired) electrons. The molecule has 352 valence electrons. The summed E-state index contributed by atoms with van der Waals surface area (Å²) in [5.74, 6) is 1.69. The van der Waals surface area contributed by atoms with Crippen LogP contribution in [0.3, 0.4) is 0 Å². The van der Waals surface area contributed by atoms with Crippen LogP contribution in [0, 0.1) is 6.92 Å². The van der Waals surface area contributed by atoms with Crippen molar-refractivity contribution in [3.8, 4) is 95.5 Å². The zero-order chi connectivity index (χ0) is 49.8. The van der Waals surface area contributed by atoms with Crippen molar-refractivity contribution >= 4 is 43.7 Å². The van der Waals surface area contributed by atoms with Crippen LogP contribution in [0.4, 0.5) is 0 Å². The van der Waals surface area contributed by atoms with E-state index in [0.717, 1.165) is 99.7 Å². The molecule has 0 aliphatic carbocycles. The van der Waals surface area contributed by atoms with Gasteiger partial charge < -0.3 is 8.98 Å². The molecule has 0 fully saturated rings. The van der Waals surface area contributed by atoms with Crippen LogP contribution in [-0.2, 0) is 0 Å². The van der Waals surface area contributed by atoms with Crippen LogP contribution in [0.5, 0.6) is 0 Å². The molecule has 14 aromatic rings. The molecular weight excluding hydrogens is 913 g/mol. The highest BCUT2D eigenvalue weighted by Crippen LogP contribution is 2.44. The predicted molar refractivity (Wildman–Crippen MR) is 310 cm³/mol. The molecule has 0 bridgehead atoms. The number of aryl methyl sites for hydroxylation is 1. The lowest BCUT2D eigenvalue weighted by molar-refractivity contribution is 0.667. The molecule has 0 saturated carbocycles. The Hall–Kier alpha value is -9.97. The Kier molecular flexibility index (Phi) is 10.7. The summed E-state index contributed by atoms with van der Waals surface area (Å²) in [7, 11) is 0. The van der Waals surface area contributed by atoms with Crippen LogP contribution in [0.15, 0.2) is 265 Å². The van der Waals surface area contributed by atoms with Gasteiger partial charge in [0.15, 0.2) is 23.1 Å². The van der Waals surface area contributed by atoms with E-state index in [1.54, 1.807) is 0 Å². The number of hydrogen-bond acceptors (Lipinski definition) is 4. The van der Waals surface area contributed by atoms with Gasteiger partial charge in [-0.05, 0) is 129 Å². The van der Waals surface area contributed by atoms with E-state index in [2.05, 4.69) is 260 Å². The van der Waals surface area contributed by atoms with Crippen molar-refractivity contribution in [1.29, 1.82) is 0 Å². The van der Waals surface area contributed by atoms with Gasteiger partial charge in [0.2, 0.25) is 0 Å². The molecule has 0 spiro atoms. The van der Waals surface area contributed by atoms with Crippen molar-refractivity contribution in [2.75, 3.05) is 0 Å². The molecule has 3 heterocycles. The van der Waals surface area contributed by atoms with E-state index in [1.807, 2.05) is 12.1 Å². The fourth-order valence-electron chi connectivity index (χ4n) is 10.9. The summed E-state index contributed by atoms with van der Waals surface area (Å²) >= 11 is 0. The summed E-state index contributed by atoms with van der Waals surface area (Å²) in [6, 6.07) is 92.3. The minimum absolute atomic E-state index is 0.533. The summed E-state index contributed by atoms with van der Waals surface area (Å²) in [6.45, 7) is 2.16. The summed E-state index contributed by atoms with van der Waals surface area (Å²) in [5.41, 5.74) is 19.8. The number of rotatable bonds is 9. The van der Waals surface area contributed by atoms with Gasteiger partial charge in [0, 0.05) is 32.7 Å². The highest BCUT2D eigenvalue weighted by atomic mass is 16.3. The van der Waals surface area contributed by atoms with Gasteiger partial charge in [-0.2, -0.15) is 0 Å². The summed E-state index contributed by atoms with van der Waals surface area (Å²) in [4.78, 5) is 15.8. The molecular formula is C70H46N4O. The molecule has 5 heteroatoms. The number of furan rings is 1. The molecule has 0 amide bonds. The normalized spacial score (nSPS) is 11.5. The molecule has 11 aromatic carbocycles. The van der Waals surface area contributed by atoms with Crippen LogP contribution in [-0.4, -0.2) is 19.5 Å². The molecule has 0 unspecified atom stereocenters. The largest absolute Gasteiger partial charge is 0.453 e. The number of benzene rings is 11. The van der Waals surface area contributed by atoms with Gasteiger partial charge in [0.05, 0.1) is 22.3 Å². The molecule has 75 heavy (non-hydrogen) atoms. The molecule has 0 aliphatic rings. The van der Waals surface area contributed by atoms with E-state index in [9.17, 15) is 0 Å². The molecule has 0 N–H and O–H groups in total. The smallest absolute Gasteiger partial charge is 0.167 e. The zero-order valence-corrected chi connectivity index (χ0v) is 41.0. The third kappa shape index (κ3) is 7.86. The number of hydrogen-bond donors (Lipinski definition) is 0. The van der Waals surface area contributed by atoms with Gasteiger partial charge in [0.1, 0.15) is 5.58 Å². The SMILES string of the molecule is Cc1ccc(-n2c3ccccc3c3cc(-c4cc(-c5ccccc5)cc(-c5ccccc5)c4)ccc32)c2oc3c(-c4nc(-c5cccc(-c6ccccc6)c5)nc(-c5cccc(-c6ccccc6)c5)n4)cccc3c12. The van der Waals surface area contributed by atoms with E-state index >= 15 is 0 Å². The second kappa shape index (κ2) is 18.3. The molecule has 5 nitrogen and oxygen atoms in total. The minimum atomic E-state index is 0.533. The molecule has 3 aromatic heterocycles. The monoisotopic (exact) mass is 958 g/mol. The fourth-order valence-corrected chi connectivity index (χ4v) is 10.9. The Morgan fingerprint density at radius 1 is 0.293 bits per heavy atom. The van der Waals surface area contributed by atoms with Gasteiger partial charge in [-0.25, -0.2) is 15.0 Å². The summed E-state index contributed by atoms with van der Waals surface area (Å²) < 4.78 is 9.67. The average molecular weight is 959 g/mol. The average Bonchev–Trinajstić information content (AvgIpc) is 4.09. The Morgan fingerprint density at radius 2 is 0.720 bits per heavy atom. The van der Waals surface area contributed by atoms with Crippen LogP contribution in [0.25, 0.3) is 139 Å². The van der Waals surface area contributed by atoms with Crippen molar-refractivity contribution in [1.82, 2.24) is 19.5 Å². The van der Waals surface area contributed by atoms with Gasteiger partial charge in [-0.3, -0.25) is 0 Å². The highest BCUT2D eigenvalue weighted by molar-refractivity contribution is 6.15. The summed E-state index contributed by atoms with van der Waals surface area (Å²) in [5, 5.41) is 4.38. The highest BCUT2D eigenvalue weighted by Gasteiger charge is 2.23. The standard InChI is InChI=1S/C70H46N4O/c1-45-35-37-64(74-62-34-15-14-31-58(62)61-44-52(36-38-63(61)74)57-42-55(48-23-10-4-11-24-48)41-56(43-57)49-25-12-5-13-26-49)67-65(45)59-32-18-33-60(66(59)75-67)70-72-68(53-29-16-27-50(39-53)46-19-6-2-7-20-46)71-69(73-70)54-30-17-28-51(40-54)47-21-8-3-9-22-47/h2-44H,1H3. The first-order chi connectivity index (χ1) is 37.1. The number of para-hydroxylation sites is 2. The van der Waals surface area contributed by atoms with Crippen molar-refractivity contribution in [2.24, 2.45) is 0 Å². The van der Waals surface area contributed by atoms with Crippen molar-refractivity contribution in [3.63, 3.8) is 0 Å². The fraction of sp³-hybridized carbons (Fsp3) is 0.0143. The van der Waals surface area contributed by atoms with Gasteiger partial charge in [-0.15, -0.1) is 0 Å². The second-order valence-corrected chi connectivity index (χ2v) is 19.2. The van der Waals surface area contributed by atoms with Gasteiger partial charge >= 0.3 is 0 Å². The second-order valence-electron chi connectivity index (χ2n) is 19.2. The summed E-state index contributed by atoms with van der Waals surface area (Å²) in [6.07, 6.45) is 0. The number of fused-ring (bicyclic) bond motifs is 6. The molecule has 0 saturated heterocycles. The van der Waals surface area contributed by atoms with Crippen LogP contribution < -0.4 is 0 Å². The van der Waals surface area contributed by atoms with Crippen molar-refractivity contribution in [2.45, 2.75) is 6.92 Å². The van der Waals surface area contributed by atoms with Crippen LogP contribution >= 0.6 is 0 Å². The minimum Gasteiger partial charge on any atom is -0.453 e. The van der Waals surface area contributed by atoms with Crippen LogP contribution in [0.1, 0.15) is 5.56 Å². The molecule has 0 atom stereocenters. The van der Waals surface area contributed by atoms with E-state index in [4.69, 9.17) is 19.4 Å². The topological polar surface area (TPSA) is 56.7 Å². The lowest BCUT2D eigenvalue weighted by atomic mass is 9.93. The lowest BCUT2D eigenvalue weighted by Crippen LogP contribution is -2.00. The molecule has 14 rings (SSSR count). The van der Waals surface area contributed by atoms with Gasteiger partial charge in [-0.1, -0.05) is 200 Å². The van der Waals surface area contributed by atoms with Crippen molar-refractivity contribution in [3.05, 3.63) is 266 Å². The van der Waals surface area contributed by atoms with E-state index in [1.165, 1.54) is 27.6 Å². The lowest BCUT2D eigenvalue weighted by Gasteiger charge is -2.12. The maximum absolute atomic E-state index is 7.30.